The molecule has 0 aliphatic heterocycles. The summed E-state index contributed by atoms with van der Waals surface area (Å²) in [7, 11) is 0. The minimum absolute atomic E-state index is 0.178. The van der Waals surface area contributed by atoms with Crippen molar-refractivity contribution < 1.29 is 9.21 Å². The van der Waals surface area contributed by atoms with E-state index in [0.29, 0.717) is 5.76 Å². The average molecular weight is 323 g/mol. The van der Waals surface area contributed by atoms with Crippen molar-refractivity contribution >= 4 is 23.0 Å². The van der Waals surface area contributed by atoms with E-state index in [-0.39, 0.29) is 17.9 Å². The first kappa shape index (κ1) is 16.1. The van der Waals surface area contributed by atoms with Crippen LogP contribution in [0.15, 0.2) is 46.9 Å². The first-order valence-electron chi connectivity index (χ1n) is 8.02. The van der Waals surface area contributed by atoms with Crippen LogP contribution < -0.4 is 5.32 Å². The smallest absolute Gasteiger partial charge is 0.244 e. The Morgan fingerprint density at radius 3 is 2.71 bits per heavy atom. The topological polar surface area (TPSA) is 70.9 Å². The van der Waals surface area contributed by atoms with Crippen LogP contribution in [0.3, 0.4) is 0 Å². The van der Waals surface area contributed by atoms with E-state index in [1.807, 2.05) is 43.3 Å². The number of fused-ring (bicyclic) bond motifs is 1. The van der Waals surface area contributed by atoms with Crippen LogP contribution in [0.1, 0.15) is 37.2 Å². The summed E-state index contributed by atoms with van der Waals surface area (Å²) in [6.07, 6.45) is 3.15. The van der Waals surface area contributed by atoms with Crippen molar-refractivity contribution in [1.82, 2.24) is 15.3 Å². The van der Waals surface area contributed by atoms with Crippen molar-refractivity contribution in [2.45, 2.75) is 26.8 Å². The standard InChI is InChI=1S/C19H21N3O2/c1-12(2)18(19-20-15-6-4-5-7-16(15)21-19)22-17(23)11-10-14-9-8-13(3)24-14/h4-12,18H,1-3H3,(H,20,21)(H,22,23)/b11-10+. The third kappa shape index (κ3) is 3.56. The number of carbonyl (C=O) groups excluding carboxylic acids is 1. The van der Waals surface area contributed by atoms with Gasteiger partial charge in [0.15, 0.2) is 0 Å². The van der Waals surface area contributed by atoms with E-state index in [1.165, 1.54) is 6.08 Å². The second kappa shape index (κ2) is 6.74. The first-order valence-corrected chi connectivity index (χ1v) is 8.02. The van der Waals surface area contributed by atoms with Crippen LogP contribution in [-0.4, -0.2) is 15.9 Å². The molecule has 1 aromatic carbocycles. The van der Waals surface area contributed by atoms with Crippen LogP contribution in [-0.2, 0) is 4.79 Å². The number of nitrogens with one attached hydrogen (secondary N) is 2. The van der Waals surface area contributed by atoms with Crippen molar-refractivity contribution in [2.24, 2.45) is 5.92 Å². The van der Waals surface area contributed by atoms with E-state index in [9.17, 15) is 4.79 Å². The third-order valence-corrected chi connectivity index (χ3v) is 3.83. The number of rotatable bonds is 5. The normalized spacial score (nSPS) is 13.0. The van der Waals surface area contributed by atoms with Crippen LogP contribution in [0, 0.1) is 12.8 Å². The molecule has 2 N–H and O–H groups in total. The average Bonchev–Trinajstić information content (AvgIpc) is 3.16. The molecule has 5 nitrogen and oxygen atoms in total. The van der Waals surface area contributed by atoms with E-state index in [4.69, 9.17) is 4.42 Å². The maximum atomic E-state index is 12.2. The van der Waals surface area contributed by atoms with Gasteiger partial charge < -0.3 is 14.7 Å². The van der Waals surface area contributed by atoms with Gasteiger partial charge in [0.05, 0.1) is 17.1 Å². The fourth-order valence-corrected chi connectivity index (χ4v) is 2.57. The largest absolute Gasteiger partial charge is 0.462 e. The molecule has 0 fully saturated rings. The number of amides is 1. The summed E-state index contributed by atoms with van der Waals surface area (Å²) in [6.45, 7) is 5.98. The van der Waals surface area contributed by atoms with Gasteiger partial charge in [0, 0.05) is 6.08 Å². The molecule has 1 amide bonds. The molecule has 3 aromatic rings. The molecule has 0 saturated heterocycles. The molecular formula is C19H21N3O2. The predicted octanol–water partition coefficient (Wildman–Crippen LogP) is 3.99. The number of H-pyrrole nitrogens is 1. The van der Waals surface area contributed by atoms with E-state index in [1.54, 1.807) is 6.08 Å². The lowest BCUT2D eigenvalue weighted by atomic mass is 10.0. The molecule has 0 saturated carbocycles. The minimum Gasteiger partial charge on any atom is -0.462 e. The van der Waals surface area contributed by atoms with Crippen molar-refractivity contribution in [2.75, 3.05) is 0 Å². The summed E-state index contributed by atoms with van der Waals surface area (Å²) >= 11 is 0. The van der Waals surface area contributed by atoms with Crippen molar-refractivity contribution in [3.05, 3.63) is 59.8 Å². The highest BCUT2D eigenvalue weighted by Gasteiger charge is 2.20. The fourth-order valence-electron chi connectivity index (χ4n) is 2.57. The van der Waals surface area contributed by atoms with E-state index >= 15 is 0 Å². The second-order valence-electron chi connectivity index (χ2n) is 6.15. The van der Waals surface area contributed by atoms with Crippen LogP contribution in [0.2, 0.25) is 0 Å². The molecule has 1 unspecified atom stereocenters. The Kier molecular flexibility index (Phi) is 4.51. The maximum Gasteiger partial charge on any atom is 0.244 e. The van der Waals surface area contributed by atoms with E-state index < -0.39 is 0 Å². The lowest BCUT2D eigenvalue weighted by Crippen LogP contribution is -2.31. The van der Waals surface area contributed by atoms with Crippen LogP contribution in [0.5, 0.6) is 0 Å². The zero-order valence-electron chi connectivity index (χ0n) is 14.0. The predicted molar refractivity (Wildman–Crippen MR) is 94.3 cm³/mol. The fraction of sp³-hybridized carbons (Fsp3) is 0.263. The number of aryl methyl sites for hydroxylation is 1. The number of furan rings is 1. The zero-order chi connectivity index (χ0) is 17.1. The summed E-state index contributed by atoms with van der Waals surface area (Å²) in [5, 5.41) is 3.01. The molecule has 3 rings (SSSR count). The van der Waals surface area contributed by atoms with E-state index in [0.717, 1.165) is 22.6 Å². The number of para-hydroxylation sites is 2. The number of hydrogen-bond donors (Lipinski definition) is 2. The Bertz CT molecular complexity index is 841. The number of nitrogens with zero attached hydrogens (tertiary/aromatic N) is 1. The molecule has 2 heterocycles. The number of benzene rings is 1. The third-order valence-electron chi connectivity index (χ3n) is 3.83. The van der Waals surface area contributed by atoms with Crippen molar-refractivity contribution in [3.63, 3.8) is 0 Å². The minimum atomic E-state index is -0.187. The number of carbonyl (C=O) groups is 1. The van der Waals surface area contributed by atoms with Gasteiger partial charge >= 0.3 is 0 Å². The van der Waals surface area contributed by atoms with Gasteiger partial charge in [-0.2, -0.15) is 0 Å². The zero-order valence-corrected chi connectivity index (χ0v) is 14.0. The summed E-state index contributed by atoms with van der Waals surface area (Å²) in [4.78, 5) is 20.1. The highest BCUT2D eigenvalue weighted by molar-refractivity contribution is 5.91. The van der Waals surface area contributed by atoms with Gasteiger partial charge in [0.1, 0.15) is 17.3 Å². The van der Waals surface area contributed by atoms with Crippen LogP contribution >= 0.6 is 0 Å². The van der Waals surface area contributed by atoms with Gasteiger partial charge in [0.25, 0.3) is 0 Å². The van der Waals surface area contributed by atoms with Crippen molar-refractivity contribution in [1.29, 1.82) is 0 Å². The molecule has 0 aliphatic rings. The molecule has 5 heteroatoms. The van der Waals surface area contributed by atoms with Crippen LogP contribution in [0.4, 0.5) is 0 Å². The summed E-state index contributed by atoms with van der Waals surface area (Å²) in [6, 6.07) is 11.3. The molecule has 1 atom stereocenters. The Morgan fingerprint density at radius 2 is 2.04 bits per heavy atom. The number of imidazole rings is 1. The summed E-state index contributed by atoms with van der Waals surface area (Å²) in [5.41, 5.74) is 1.86. The van der Waals surface area contributed by atoms with Gasteiger partial charge in [-0.3, -0.25) is 4.79 Å². The first-order chi connectivity index (χ1) is 11.5. The molecule has 2 aromatic heterocycles. The monoisotopic (exact) mass is 323 g/mol. The lowest BCUT2D eigenvalue weighted by molar-refractivity contribution is -0.117. The van der Waals surface area contributed by atoms with Crippen LogP contribution in [0.25, 0.3) is 17.1 Å². The van der Waals surface area contributed by atoms with E-state index in [2.05, 4.69) is 29.1 Å². The highest BCUT2D eigenvalue weighted by atomic mass is 16.3. The summed E-state index contributed by atoms with van der Waals surface area (Å²) < 4.78 is 5.43. The van der Waals surface area contributed by atoms with Gasteiger partial charge in [-0.05, 0) is 43.2 Å². The highest BCUT2D eigenvalue weighted by Crippen LogP contribution is 2.22. The number of aromatic amines is 1. The molecule has 0 radical (unpaired) electrons. The quantitative estimate of drug-likeness (QED) is 0.697. The molecule has 0 aliphatic carbocycles. The molecule has 0 spiro atoms. The molecule has 0 bridgehead atoms. The Hall–Kier alpha value is -2.82. The van der Waals surface area contributed by atoms with Gasteiger partial charge in [-0.1, -0.05) is 26.0 Å². The SMILES string of the molecule is Cc1ccc(/C=C/C(=O)NC(c2nc3ccccc3[nH]2)C(C)C)o1. The molecule has 24 heavy (non-hydrogen) atoms. The Balaban J connectivity index is 1.76. The van der Waals surface area contributed by atoms with Gasteiger partial charge in [0.2, 0.25) is 5.91 Å². The second-order valence-corrected chi connectivity index (χ2v) is 6.15. The summed E-state index contributed by atoms with van der Waals surface area (Å²) in [5.74, 6) is 2.27. The van der Waals surface area contributed by atoms with Crippen molar-refractivity contribution in [3.8, 4) is 0 Å². The number of aromatic nitrogens is 2. The number of hydrogen-bond acceptors (Lipinski definition) is 3. The molecular weight excluding hydrogens is 302 g/mol. The van der Waals surface area contributed by atoms with Gasteiger partial charge in [-0.25, -0.2) is 4.98 Å². The Labute approximate surface area is 140 Å². The molecule has 124 valence electrons. The van der Waals surface area contributed by atoms with Gasteiger partial charge in [-0.15, -0.1) is 0 Å². The lowest BCUT2D eigenvalue weighted by Gasteiger charge is -2.19. The Morgan fingerprint density at radius 1 is 1.25 bits per heavy atom. The maximum absolute atomic E-state index is 12.2.